The van der Waals surface area contributed by atoms with Crippen LogP contribution in [0.4, 0.5) is 5.69 Å². The third-order valence-electron chi connectivity index (χ3n) is 5.01. The molecule has 1 heterocycles. The molecular weight excluding hydrogens is 316 g/mol. The molecule has 3 rings (SSSR count). The van der Waals surface area contributed by atoms with E-state index in [2.05, 4.69) is 15.5 Å². The summed E-state index contributed by atoms with van der Waals surface area (Å²) in [6, 6.07) is 7.22. The van der Waals surface area contributed by atoms with Gasteiger partial charge < -0.3 is 15.8 Å². The smallest absolute Gasteiger partial charge is 0.241 e. The molecule has 6 heteroatoms. The van der Waals surface area contributed by atoms with E-state index in [0.29, 0.717) is 11.8 Å². The zero-order chi connectivity index (χ0) is 17.8. The minimum Gasteiger partial charge on any atom is -0.479 e. The van der Waals surface area contributed by atoms with Crippen LogP contribution in [0.1, 0.15) is 37.8 Å². The Bertz CT molecular complexity index is 718. The predicted molar refractivity (Wildman–Crippen MR) is 98.5 cm³/mol. The molecule has 2 aromatic rings. The van der Waals surface area contributed by atoms with Gasteiger partial charge in [-0.15, -0.1) is 5.10 Å². The average Bonchev–Trinajstić information content (AvgIpc) is 3.03. The first-order valence-corrected chi connectivity index (χ1v) is 8.86. The Labute approximate surface area is 148 Å². The van der Waals surface area contributed by atoms with Crippen LogP contribution < -0.4 is 15.8 Å². The maximum absolute atomic E-state index is 12.4. The van der Waals surface area contributed by atoms with Crippen molar-refractivity contribution < 1.29 is 9.53 Å². The second-order valence-electron chi connectivity index (χ2n) is 6.72. The lowest BCUT2D eigenvalue weighted by Gasteiger charge is -2.26. The zero-order valence-electron chi connectivity index (χ0n) is 14.8. The number of carbonyl (C=O) groups is 1. The van der Waals surface area contributed by atoms with E-state index >= 15 is 0 Å². The minimum absolute atomic E-state index is 0.100. The summed E-state index contributed by atoms with van der Waals surface area (Å²) >= 11 is 0. The van der Waals surface area contributed by atoms with Gasteiger partial charge in [-0.25, -0.2) is 0 Å². The van der Waals surface area contributed by atoms with Crippen molar-refractivity contribution in [1.29, 1.82) is 0 Å². The summed E-state index contributed by atoms with van der Waals surface area (Å²) < 4.78 is 5.29. The number of nitrogens with two attached hydrogens (primary N) is 1. The molecule has 1 aromatic carbocycles. The number of anilines is 1. The number of methoxy groups -OCH3 is 1. The number of rotatable bonds is 5. The number of amides is 1. The fraction of sp³-hybridized carbons (Fsp3) is 0.474. The van der Waals surface area contributed by atoms with Gasteiger partial charge >= 0.3 is 0 Å². The van der Waals surface area contributed by atoms with Gasteiger partial charge in [0.25, 0.3) is 0 Å². The lowest BCUT2D eigenvalue weighted by molar-refractivity contribution is -0.118. The average molecular weight is 342 g/mol. The van der Waals surface area contributed by atoms with Crippen LogP contribution in [0.5, 0.6) is 5.88 Å². The van der Waals surface area contributed by atoms with Crippen molar-refractivity contribution in [2.24, 2.45) is 11.7 Å². The lowest BCUT2D eigenvalue weighted by atomic mass is 9.84. The number of carbonyl (C=O) groups excluding carboxylic acids is 1. The highest BCUT2D eigenvalue weighted by atomic mass is 16.5. The molecule has 0 aliphatic heterocycles. The number of benzene rings is 1. The summed E-state index contributed by atoms with van der Waals surface area (Å²) in [5.74, 6) is 0.760. The molecule has 6 nitrogen and oxygen atoms in total. The number of ether oxygens (including phenoxy) is 1. The summed E-state index contributed by atoms with van der Waals surface area (Å²) in [6.07, 6.45) is 5.70. The fourth-order valence-electron chi connectivity index (χ4n) is 3.55. The Kier molecular flexibility index (Phi) is 5.38. The number of aromatic nitrogens is 2. The van der Waals surface area contributed by atoms with Crippen molar-refractivity contribution in [3.8, 4) is 17.0 Å². The van der Waals surface area contributed by atoms with Gasteiger partial charge in [0.15, 0.2) is 0 Å². The van der Waals surface area contributed by atoms with E-state index in [1.54, 1.807) is 7.11 Å². The van der Waals surface area contributed by atoms with E-state index < -0.39 is 6.04 Å². The quantitative estimate of drug-likeness (QED) is 0.777. The lowest BCUT2D eigenvalue weighted by Crippen LogP contribution is -2.42. The molecule has 0 bridgehead atoms. The summed E-state index contributed by atoms with van der Waals surface area (Å²) in [6.45, 7) is 1.95. The second-order valence-corrected chi connectivity index (χ2v) is 6.72. The highest BCUT2D eigenvalue weighted by molar-refractivity contribution is 5.95. The van der Waals surface area contributed by atoms with Gasteiger partial charge in [0.05, 0.1) is 18.7 Å². The van der Waals surface area contributed by atoms with Crippen LogP contribution in [0.2, 0.25) is 0 Å². The number of H-pyrrole nitrogens is 1. The van der Waals surface area contributed by atoms with Crippen molar-refractivity contribution in [2.45, 2.75) is 45.1 Å². The van der Waals surface area contributed by atoms with E-state index in [-0.39, 0.29) is 5.91 Å². The number of aryl methyl sites for hydroxylation is 1. The first-order valence-electron chi connectivity index (χ1n) is 8.86. The summed E-state index contributed by atoms with van der Waals surface area (Å²) in [7, 11) is 1.60. The van der Waals surface area contributed by atoms with Crippen LogP contribution in [-0.2, 0) is 4.79 Å². The highest BCUT2D eigenvalue weighted by Gasteiger charge is 2.26. The van der Waals surface area contributed by atoms with Crippen molar-refractivity contribution in [2.75, 3.05) is 12.4 Å². The Hall–Kier alpha value is -2.34. The van der Waals surface area contributed by atoms with E-state index in [9.17, 15) is 4.79 Å². The van der Waals surface area contributed by atoms with Crippen LogP contribution in [0.15, 0.2) is 24.3 Å². The largest absolute Gasteiger partial charge is 0.479 e. The van der Waals surface area contributed by atoms with Gasteiger partial charge in [0.2, 0.25) is 11.8 Å². The molecule has 25 heavy (non-hydrogen) atoms. The molecule has 4 N–H and O–H groups in total. The van der Waals surface area contributed by atoms with Gasteiger partial charge in [0.1, 0.15) is 0 Å². The molecule has 1 amide bonds. The first kappa shape index (κ1) is 17.5. The highest BCUT2D eigenvalue weighted by Crippen LogP contribution is 2.32. The Morgan fingerprint density at radius 3 is 2.60 bits per heavy atom. The monoisotopic (exact) mass is 342 g/mol. The molecule has 0 unspecified atom stereocenters. The van der Waals surface area contributed by atoms with E-state index in [1.807, 2.05) is 31.2 Å². The molecule has 1 aromatic heterocycles. The molecule has 1 fully saturated rings. The number of hydrogen-bond acceptors (Lipinski definition) is 4. The molecule has 1 aliphatic carbocycles. The molecule has 1 saturated carbocycles. The van der Waals surface area contributed by atoms with Crippen LogP contribution >= 0.6 is 0 Å². The Morgan fingerprint density at radius 1 is 1.28 bits per heavy atom. The maximum Gasteiger partial charge on any atom is 0.241 e. The SMILES string of the molecule is COc1n[nH]c(C)c1-c1ccc(NC(=O)[C@@H](N)C2CCCCC2)cc1. The third-order valence-corrected chi connectivity index (χ3v) is 5.01. The second kappa shape index (κ2) is 7.70. The topological polar surface area (TPSA) is 93.0 Å². The molecule has 1 aliphatic rings. The molecule has 0 saturated heterocycles. The van der Waals surface area contributed by atoms with Gasteiger partial charge in [0, 0.05) is 11.4 Å². The van der Waals surface area contributed by atoms with E-state index in [0.717, 1.165) is 35.3 Å². The molecule has 0 radical (unpaired) electrons. The van der Waals surface area contributed by atoms with Crippen molar-refractivity contribution in [1.82, 2.24) is 10.2 Å². The van der Waals surface area contributed by atoms with Gasteiger partial charge in [-0.2, -0.15) is 0 Å². The zero-order valence-corrected chi connectivity index (χ0v) is 14.8. The van der Waals surface area contributed by atoms with E-state index in [4.69, 9.17) is 10.5 Å². The Balaban J connectivity index is 1.68. The van der Waals surface area contributed by atoms with Crippen molar-refractivity contribution in [3.63, 3.8) is 0 Å². The van der Waals surface area contributed by atoms with Crippen molar-refractivity contribution in [3.05, 3.63) is 30.0 Å². The third kappa shape index (κ3) is 3.85. The number of hydrogen-bond donors (Lipinski definition) is 3. The molecular formula is C19H26N4O2. The minimum atomic E-state index is -0.434. The maximum atomic E-state index is 12.4. The van der Waals surface area contributed by atoms with Crippen LogP contribution in [0.25, 0.3) is 11.1 Å². The van der Waals surface area contributed by atoms with E-state index in [1.165, 1.54) is 19.3 Å². The number of aromatic amines is 1. The number of nitrogens with zero attached hydrogens (tertiary/aromatic N) is 1. The van der Waals surface area contributed by atoms with Crippen LogP contribution in [0, 0.1) is 12.8 Å². The van der Waals surface area contributed by atoms with Gasteiger partial charge in [-0.05, 0) is 43.4 Å². The summed E-state index contributed by atoms with van der Waals surface area (Å²) in [5, 5.41) is 9.98. The van der Waals surface area contributed by atoms with Gasteiger partial charge in [-0.1, -0.05) is 31.4 Å². The van der Waals surface area contributed by atoms with Gasteiger partial charge in [-0.3, -0.25) is 9.89 Å². The summed E-state index contributed by atoms with van der Waals surface area (Å²) in [4.78, 5) is 12.4. The van der Waals surface area contributed by atoms with Crippen LogP contribution in [-0.4, -0.2) is 29.3 Å². The first-order chi connectivity index (χ1) is 12.1. The number of nitrogens with one attached hydrogen (secondary N) is 2. The Morgan fingerprint density at radius 2 is 1.96 bits per heavy atom. The predicted octanol–water partition coefficient (Wildman–Crippen LogP) is 3.24. The fourth-order valence-corrected chi connectivity index (χ4v) is 3.55. The van der Waals surface area contributed by atoms with Crippen molar-refractivity contribution >= 4 is 11.6 Å². The molecule has 0 spiro atoms. The molecule has 134 valence electrons. The van der Waals surface area contributed by atoms with Crippen LogP contribution in [0.3, 0.4) is 0 Å². The summed E-state index contributed by atoms with van der Waals surface area (Å²) in [5.41, 5.74) is 9.77. The molecule has 1 atom stereocenters. The standard InChI is InChI=1S/C19H26N4O2/c1-12-16(19(25-2)23-22-12)13-8-10-15(11-9-13)21-18(24)17(20)14-6-4-3-5-7-14/h8-11,14,17H,3-7,20H2,1-2H3,(H,21,24)(H,22,23)/t17-/m0/s1. The normalized spacial score (nSPS) is 16.4.